The molecular formula is C9H8FNO. The van der Waals surface area contributed by atoms with E-state index < -0.39 is 5.82 Å². The quantitative estimate of drug-likeness (QED) is 0.506. The first-order chi connectivity index (χ1) is 5.75. The molecule has 1 rings (SSSR count). The van der Waals surface area contributed by atoms with Crippen molar-refractivity contribution in [2.24, 2.45) is 0 Å². The summed E-state index contributed by atoms with van der Waals surface area (Å²) in [5.41, 5.74) is 0.0740. The van der Waals surface area contributed by atoms with Gasteiger partial charge in [0.25, 0.3) is 0 Å². The van der Waals surface area contributed by atoms with Crippen molar-refractivity contribution in [1.82, 2.24) is 4.98 Å². The first-order valence-corrected chi connectivity index (χ1v) is 3.49. The standard InChI is InChI=1S/C9H8FNO/c1-2-3-9(12)7-4-5-11-6-8(7)10/h2,4-6H,1,3H2. The van der Waals surface area contributed by atoms with Crippen molar-refractivity contribution >= 4 is 5.78 Å². The van der Waals surface area contributed by atoms with Crippen molar-refractivity contribution in [3.8, 4) is 0 Å². The minimum atomic E-state index is -0.579. The number of hydrogen-bond donors (Lipinski definition) is 0. The molecule has 0 radical (unpaired) electrons. The number of halogens is 1. The molecule has 0 aromatic carbocycles. The molecule has 0 aliphatic rings. The van der Waals surface area contributed by atoms with Crippen LogP contribution < -0.4 is 0 Å². The largest absolute Gasteiger partial charge is 0.294 e. The van der Waals surface area contributed by atoms with E-state index >= 15 is 0 Å². The monoisotopic (exact) mass is 165 g/mol. The van der Waals surface area contributed by atoms with Gasteiger partial charge in [-0.2, -0.15) is 0 Å². The van der Waals surface area contributed by atoms with Crippen molar-refractivity contribution in [3.05, 3.63) is 42.5 Å². The van der Waals surface area contributed by atoms with E-state index in [1.807, 2.05) is 0 Å². The number of aromatic nitrogens is 1. The van der Waals surface area contributed by atoms with Crippen LogP contribution in [-0.4, -0.2) is 10.8 Å². The van der Waals surface area contributed by atoms with Crippen LogP contribution in [0.4, 0.5) is 4.39 Å². The van der Waals surface area contributed by atoms with E-state index in [4.69, 9.17) is 0 Å². The second kappa shape index (κ2) is 3.76. The molecule has 1 aromatic rings. The van der Waals surface area contributed by atoms with Gasteiger partial charge in [0.05, 0.1) is 11.8 Å². The van der Waals surface area contributed by atoms with Crippen molar-refractivity contribution in [2.45, 2.75) is 6.42 Å². The maximum atomic E-state index is 12.8. The van der Waals surface area contributed by atoms with Crippen molar-refractivity contribution < 1.29 is 9.18 Å². The Bertz CT molecular complexity index is 309. The third-order valence-corrected chi connectivity index (χ3v) is 1.40. The maximum Gasteiger partial charge on any atom is 0.169 e. The normalized spacial score (nSPS) is 9.42. The number of carbonyl (C=O) groups excluding carboxylic acids is 1. The van der Waals surface area contributed by atoms with Gasteiger partial charge < -0.3 is 0 Å². The fourth-order valence-electron chi connectivity index (χ4n) is 0.842. The average Bonchev–Trinajstić information content (AvgIpc) is 2.05. The number of rotatable bonds is 3. The minimum Gasteiger partial charge on any atom is -0.294 e. The smallest absolute Gasteiger partial charge is 0.169 e. The zero-order chi connectivity index (χ0) is 8.97. The molecule has 0 fully saturated rings. The molecule has 3 heteroatoms. The Hall–Kier alpha value is -1.51. The number of pyridine rings is 1. The zero-order valence-electron chi connectivity index (χ0n) is 6.46. The SMILES string of the molecule is C=CCC(=O)c1ccncc1F. The highest BCUT2D eigenvalue weighted by atomic mass is 19.1. The molecule has 0 saturated heterocycles. The van der Waals surface area contributed by atoms with Gasteiger partial charge in [0.15, 0.2) is 11.6 Å². The van der Waals surface area contributed by atoms with E-state index in [2.05, 4.69) is 11.6 Å². The van der Waals surface area contributed by atoms with Crippen LogP contribution in [0, 0.1) is 5.82 Å². The van der Waals surface area contributed by atoms with Crippen LogP contribution in [0.3, 0.4) is 0 Å². The second-order valence-electron chi connectivity index (χ2n) is 2.27. The molecule has 0 bridgehead atoms. The van der Waals surface area contributed by atoms with Gasteiger partial charge in [0, 0.05) is 12.6 Å². The summed E-state index contributed by atoms with van der Waals surface area (Å²) >= 11 is 0. The average molecular weight is 165 g/mol. The van der Waals surface area contributed by atoms with Gasteiger partial charge in [-0.3, -0.25) is 9.78 Å². The summed E-state index contributed by atoms with van der Waals surface area (Å²) in [5.74, 6) is -0.853. The third-order valence-electron chi connectivity index (χ3n) is 1.40. The molecule has 0 aliphatic heterocycles. The molecule has 0 unspecified atom stereocenters. The summed E-state index contributed by atoms with van der Waals surface area (Å²) in [7, 11) is 0. The minimum absolute atomic E-state index is 0.0740. The van der Waals surface area contributed by atoms with Crippen LogP contribution in [-0.2, 0) is 0 Å². The van der Waals surface area contributed by atoms with Gasteiger partial charge in [-0.05, 0) is 6.07 Å². The fourth-order valence-corrected chi connectivity index (χ4v) is 0.842. The van der Waals surface area contributed by atoms with Gasteiger partial charge in [0.1, 0.15) is 0 Å². The van der Waals surface area contributed by atoms with Gasteiger partial charge in [-0.1, -0.05) is 6.08 Å². The van der Waals surface area contributed by atoms with Crippen LogP contribution in [0.2, 0.25) is 0 Å². The molecule has 0 saturated carbocycles. The fraction of sp³-hybridized carbons (Fsp3) is 0.111. The van der Waals surface area contributed by atoms with E-state index in [0.29, 0.717) is 0 Å². The second-order valence-corrected chi connectivity index (χ2v) is 2.27. The number of hydrogen-bond acceptors (Lipinski definition) is 2. The van der Waals surface area contributed by atoms with Gasteiger partial charge in [0.2, 0.25) is 0 Å². The number of carbonyl (C=O) groups is 1. The Morgan fingerprint density at radius 3 is 3.08 bits per heavy atom. The first-order valence-electron chi connectivity index (χ1n) is 3.49. The molecule has 1 heterocycles. The summed E-state index contributed by atoms with van der Waals surface area (Å²) in [5, 5.41) is 0. The van der Waals surface area contributed by atoms with Crippen molar-refractivity contribution in [3.63, 3.8) is 0 Å². The molecule has 0 N–H and O–H groups in total. The lowest BCUT2D eigenvalue weighted by atomic mass is 10.1. The summed E-state index contributed by atoms with van der Waals surface area (Å²) in [4.78, 5) is 14.7. The van der Waals surface area contributed by atoms with Crippen LogP contribution in [0.15, 0.2) is 31.1 Å². The molecule has 62 valence electrons. The zero-order valence-corrected chi connectivity index (χ0v) is 6.46. The van der Waals surface area contributed by atoms with Crippen LogP contribution >= 0.6 is 0 Å². The van der Waals surface area contributed by atoms with Crippen molar-refractivity contribution in [1.29, 1.82) is 0 Å². The number of Topliss-reactive ketones (excluding diaryl/α,β-unsaturated/α-hetero) is 1. The Morgan fingerprint density at radius 1 is 1.75 bits per heavy atom. The molecule has 0 atom stereocenters. The lowest BCUT2D eigenvalue weighted by molar-refractivity contribution is 0.0992. The van der Waals surface area contributed by atoms with Gasteiger partial charge in [-0.15, -0.1) is 6.58 Å². The van der Waals surface area contributed by atoms with Crippen LogP contribution in [0.25, 0.3) is 0 Å². The number of allylic oxidation sites excluding steroid dienone is 1. The van der Waals surface area contributed by atoms with Crippen molar-refractivity contribution in [2.75, 3.05) is 0 Å². The highest BCUT2D eigenvalue weighted by molar-refractivity contribution is 5.96. The summed E-state index contributed by atoms with van der Waals surface area (Å²) < 4.78 is 12.8. The van der Waals surface area contributed by atoms with Gasteiger partial charge >= 0.3 is 0 Å². The van der Waals surface area contributed by atoms with Crippen LogP contribution in [0.1, 0.15) is 16.8 Å². The Balaban J connectivity index is 2.94. The van der Waals surface area contributed by atoms with E-state index in [-0.39, 0.29) is 17.8 Å². The summed E-state index contributed by atoms with van der Waals surface area (Å²) in [6.07, 6.45) is 4.01. The van der Waals surface area contributed by atoms with E-state index in [9.17, 15) is 9.18 Å². The van der Waals surface area contributed by atoms with E-state index in [1.165, 1.54) is 18.3 Å². The molecule has 0 spiro atoms. The number of ketones is 1. The highest BCUT2D eigenvalue weighted by Gasteiger charge is 2.08. The van der Waals surface area contributed by atoms with E-state index in [1.54, 1.807) is 0 Å². The topological polar surface area (TPSA) is 30.0 Å². The molecule has 2 nitrogen and oxygen atoms in total. The number of nitrogens with zero attached hydrogens (tertiary/aromatic N) is 1. The Labute approximate surface area is 69.7 Å². The predicted octanol–water partition coefficient (Wildman–Crippen LogP) is 1.98. The van der Waals surface area contributed by atoms with E-state index in [0.717, 1.165) is 6.20 Å². The third kappa shape index (κ3) is 1.75. The molecule has 1 aromatic heterocycles. The maximum absolute atomic E-state index is 12.8. The Morgan fingerprint density at radius 2 is 2.50 bits per heavy atom. The molecule has 12 heavy (non-hydrogen) atoms. The lowest BCUT2D eigenvalue weighted by Crippen LogP contribution is -2.00. The van der Waals surface area contributed by atoms with Gasteiger partial charge in [-0.25, -0.2) is 4.39 Å². The first kappa shape index (κ1) is 8.59. The molecular weight excluding hydrogens is 157 g/mol. The Kier molecular flexibility index (Phi) is 2.69. The summed E-state index contributed by atoms with van der Waals surface area (Å²) in [6.45, 7) is 3.40. The lowest BCUT2D eigenvalue weighted by Gasteiger charge is -1.97. The molecule has 0 amide bonds. The predicted molar refractivity (Wildman–Crippen MR) is 43.3 cm³/mol. The molecule has 0 aliphatic carbocycles. The highest BCUT2D eigenvalue weighted by Crippen LogP contribution is 2.07. The summed E-state index contributed by atoms with van der Waals surface area (Å²) in [6, 6.07) is 1.36. The van der Waals surface area contributed by atoms with Crippen LogP contribution in [0.5, 0.6) is 0 Å².